The highest BCUT2D eigenvalue weighted by Crippen LogP contribution is 2.21. The lowest BCUT2D eigenvalue weighted by Crippen LogP contribution is -2.20. The third-order valence-corrected chi connectivity index (χ3v) is 2.61. The van der Waals surface area contributed by atoms with E-state index >= 15 is 0 Å². The lowest BCUT2D eigenvalue weighted by Gasteiger charge is -2.18. The first kappa shape index (κ1) is 14.2. The summed E-state index contributed by atoms with van der Waals surface area (Å²) in [7, 11) is 0. The smallest absolute Gasteiger partial charge is 0.213 e. The monoisotopic (exact) mass is 277 g/mol. The maximum Gasteiger partial charge on any atom is 0.213 e. The molecular formula is C12H19N7O. The van der Waals surface area contributed by atoms with Gasteiger partial charge in [-0.15, -0.1) is 0 Å². The van der Waals surface area contributed by atoms with Crippen molar-refractivity contribution in [1.29, 1.82) is 0 Å². The predicted octanol–water partition coefficient (Wildman–Crippen LogP) is 1.10. The molecule has 0 bridgehead atoms. The van der Waals surface area contributed by atoms with Crippen LogP contribution in [-0.4, -0.2) is 26.7 Å². The van der Waals surface area contributed by atoms with Gasteiger partial charge in [0.2, 0.25) is 6.39 Å². The molecule has 0 aliphatic carbocycles. The van der Waals surface area contributed by atoms with Crippen LogP contribution in [0.25, 0.3) is 0 Å². The summed E-state index contributed by atoms with van der Waals surface area (Å²) in [5, 5.41) is 6.95. The third kappa shape index (κ3) is 3.64. The molecular weight excluding hydrogens is 258 g/mol. The van der Waals surface area contributed by atoms with Gasteiger partial charge in [-0.05, 0) is 0 Å². The van der Waals surface area contributed by atoms with E-state index in [-0.39, 0.29) is 5.41 Å². The van der Waals surface area contributed by atoms with Crippen LogP contribution in [0.4, 0.5) is 11.6 Å². The summed E-state index contributed by atoms with van der Waals surface area (Å²) in [6, 6.07) is 1.76. The zero-order valence-corrected chi connectivity index (χ0v) is 11.8. The van der Waals surface area contributed by atoms with Crippen LogP contribution >= 0.6 is 0 Å². The summed E-state index contributed by atoms with van der Waals surface area (Å²) in [5.74, 6) is 8.09. The van der Waals surface area contributed by atoms with Crippen LogP contribution in [0.1, 0.15) is 32.4 Å². The van der Waals surface area contributed by atoms with Gasteiger partial charge in [-0.1, -0.05) is 25.9 Å². The van der Waals surface area contributed by atoms with Gasteiger partial charge in [0.1, 0.15) is 17.5 Å². The molecule has 2 rings (SSSR count). The fourth-order valence-electron chi connectivity index (χ4n) is 1.55. The molecule has 0 unspecified atom stereocenters. The Balaban J connectivity index is 2.06. The number of hydrogen-bond acceptors (Lipinski definition) is 8. The van der Waals surface area contributed by atoms with E-state index in [1.165, 1.54) is 6.39 Å². The van der Waals surface area contributed by atoms with Crippen LogP contribution in [0.5, 0.6) is 0 Å². The molecule has 0 spiro atoms. The molecule has 0 amide bonds. The molecule has 20 heavy (non-hydrogen) atoms. The second kappa shape index (κ2) is 5.83. The van der Waals surface area contributed by atoms with Gasteiger partial charge >= 0.3 is 0 Å². The zero-order valence-electron chi connectivity index (χ0n) is 11.8. The van der Waals surface area contributed by atoms with E-state index in [1.54, 1.807) is 6.07 Å². The highest BCUT2D eigenvalue weighted by atomic mass is 16.5. The quantitative estimate of drug-likeness (QED) is 0.549. The molecule has 2 heterocycles. The summed E-state index contributed by atoms with van der Waals surface area (Å²) in [6.07, 6.45) is 1.96. The summed E-state index contributed by atoms with van der Waals surface area (Å²) < 4.78 is 4.68. The molecule has 0 aromatic carbocycles. The molecule has 8 nitrogen and oxygen atoms in total. The number of hydrazine groups is 1. The Morgan fingerprint density at radius 2 is 2.00 bits per heavy atom. The van der Waals surface area contributed by atoms with Crippen molar-refractivity contribution in [3.63, 3.8) is 0 Å². The van der Waals surface area contributed by atoms with Gasteiger partial charge in [0.25, 0.3) is 0 Å². The molecule has 2 aromatic heterocycles. The average Bonchev–Trinajstić information content (AvgIpc) is 2.90. The van der Waals surface area contributed by atoms with Gasteiger partial charge in [0.15, 0.2) is 5.82 Å². The predicted molar refractivity (Wildman–Crippen MR) is 75.0 cm³/mol. The summed E-state index contributed by atoms with van der Waals surface area (Å²) in [6.45, 7) is 6.79. The van der Waals surface area contributed by atoms with Crippen molar-refractivity contribution in [1.82, 2.24) is 20.1 Å². The van der Waals surface area contributed by atoms with Crippen LogP contribution in [0.3, 0.4) is 0 Å². The average molecular weight is 277 g/mol. The van der Waals surface area contributed by atoms with Crippen molar-refractivity contribution in [3.8, 4) is 0 Å². The van der Waals surface area contributed by atoms with Gasteiger partial charge in [-0.2, -0.15) is 4.98 Å². The highest BCUT2D eigenvalue weighted by molar-refractivity contribution is 5.47. The first-order valence-corrected chi connectivity index (χ1v) is 6.34. The number of hydrogen-bond donors (Lipinski definition) is 3. The fourth-order valence-corrected chi connectivity index (χ4v) is 1.55. The SMILES string of the molecule is CC(C)(C)c1nc(NN)cc(NCCc2ncon2)n1. The molecule has 0 fully saturated rings. The Hall–Kier alpha value is -2.22. The molecule has 108 valence electrons. The second-order valence-electron chi connectivity index (χ2n) is 5.38. The fraction of sp³-hybridized carbons (Fsp3) is 0.500. The summed E-state index contributed by atoms with van der Waals surface area (Å²) in [4.78, 5) is 12.8. The molecule has 0 aliphatic heterocycles. The van der Waals surface area contributed by atoms with E-state index < -0.39 is 0 Å². The van der Waals surface area contributed by atoms with Crippen LogP contribution in [0, 0.1) is 0 Å². The minimum atomic E-state index is -0.156. The second-order valence-corrected chi connectivity index (χ2v) is 5.38. The Kier molecular flexibility index (Phi) is 4.14. The number of anilines is 2. The highest BCUT2D eigenvalue weighted by Gasteiger charge is 2.19. The largest absolute Gasteiger partial charge is 0.369 e. The van der Waals surface area contributed by atoms with Crippen molar-refractivity contribution >= 4 is 11.6 Å². The molecule has 0 aliphatic rings. The number of nitrogens with two attached hydrogens (primary N) is 1. The lowest BCUT2D eigenvalue weighted by atomic mass is 9.96. The van der Waals surface area contributed by atoms with Crippen molar-refractivity contribution in [3.05, 3.63) is 24.1 Å². The van der Waals surface area contributed by atoms with Gasteiger partial charge in [-0.25, -0.2) is 15.8 Å². The van der Waals surface area contributed by atoms with Crippen LogP contribution in [0.2, 0.25) is 0 Å². The Bertz CT molecular complexity index is 547. The number of nitrogen functional groups attached to an aromatic ring is 1. The molecule has 0 saturated heterocycles. The minimum absolute atomic E-state index is 0.156. The van der Waals surface area contributed by atoms with E-state index in [2.05, 4.69) is 35.4 Å². The van der Waals surface area contributed by atoms with Gasteiger partial charge < -0.3 is 15.3 Å². The molecule has 0 atom stereocenters. The molecule has 4 N–H and O–H groups in total. The van der Waals surface area contributed by atoms with E-state index in [0.29, 0.717) is 30.4 Å². The van der Waals surface area contributed by atoms with Crippen molar-refractivity contribution in [2.24, 2.45) is 5.84 Å². The zero-order chi connectivity index (χ0) is 14.6. The van der Waals surface area contributed by atoms with Crippen LogP contribution in [0.15, 0.2) is 17.0 Å². The Labute approximate surface area is 117 Å². The van der Waals surface area contributed by atoms with E-state index in [9.17, 15) is 0 Å². The van der Waals surface area contributed by atoms with Gasteiger partial charge in [-0.3, -0.25) is 0 Å². The van der Waals surface area contributed by atoms with Gasteiger partial charge in [0.05, 0.1) is 0 Å². The van der Waals surface area contributed by atoms with Crippen LogP contribution in [-0.2, 0) is 11.8 Å². The molecule has 0 saturated carbocycles. The first-order valence-electron chi connectivity index (χ1n) is 6.34. The van der Waals surface area contributed by atoms with E-state index in [0.717, 1.165) is 5.82 Å². The van der Waals surface area contributed by atoms with Crippen LogP contribution < -0.4 is 16.6 Å². The van der Waals surface area contributed by atoms with E-state index in [1.807, 2.05) is 20.8 Å². The van der Waals surface area contributed by atoms with Crippen molar-refractivity contribution in [2.45, 2.75) is 32.6 Å². The normalized spacial score (nSPS) is 11.4. The summed E-state index contributed by atoms with van der Waals surface area (Å²) >= 11 is 0. The molecule has 0 radical (unpaired) electrons. The molecule has 2 aromatic rings. The topological polar surface area (TPSA) is 115 Å². The van der Waals surface area contributed by atoms with Crippen molar-refractivity contribution < 1.29 is 4.52 Å². The molecule has 8 heteroatoms. The maximum atomic E-state index is 5.44. The standard InChI is InChI=1S/C12H19N7O/c1-12(2,3)11-16-9(6-10(17-11)18-13)14-5-4-8-15-7-20-19-8/h6-7H,4-5,13H2,1-3H3,(H2,14,16,17,18). The minimum Gasteiger partial charge on any atom is -0.369 e. The Morgan fingerprint density at radius 3 is 2.60 bits per heavy atom. The summed E-state index contributed by atoms with van der Waals surface area (Å²) in [5.41, 5.74) is 2.40. The third-order valence-electron chi connectivity index (χ3n) is 2.61. The number of aromatic nitrogens is 4. The first-order chi connectivity index (χ1) is 9.49. The number of nitrogens with zero attached hydrogens (tertiary/aromatic N) is 4. The van der Waals surface area contributed by atoms with Crippen molar-refractivity contribution in [2.75, 3.05) is 17.3 Å². The Morgan fingerprint density at radius 1 is 1.25 bits per heavy atom. The number of nitrogens with one attached hydrogen (secondary N) is 2. The number of rotatable bonds is 5. The lowest BCUT2D eigenvalue weighted by molar-refractivity contribution is 0.410. The van der Waals surface area contributed by atoms with E-state index in [4.69, 9.17) is 5.84 Å². The maximum absolute atomic E-state index is 5.44. The van der Waals surface area contributed by atoms with Gasteiger partial charge in [0, 0.05) is 24.4 Å².